The van der Waals surface area contributed by atoms with E-state index in [0.717, 1.165) is 16.0 Å². The zero-order valence-corrected chi connectivity index (χ0v) is 21.0. The van der Waals surface area contributed by atoms with E-state index in [4.69, 9.17) is 25.8 Å². The van der Waals surface area contributed by atoms with E-state index in [0.29, 0.717) is 45.9 Å². The molecule has 0 bridgehead atoms. The predicted octanol–water partition coefficient (Wildman–Crippen LogP) is 6.61. The summed E-state index contributed by atoms with van der Waals surface area (Å²) in [6.45, 7) is 6.70. The minimum absolute atomic E-state index is 0.300. The quantitative estimate of drug-likeness (QED) is 0.265. The van der Waals surface area contributed by atoms with Crippen molar-refractivity contribution in [1.82, 2.24) is 0 Å². The Labute approximate surface area is 208 Å². The number of thiophene rings is 1. The van der Waals surface area contributed by atoms with Gasteiger partial charge in [0.05, 0.1) is 20.3 Å². The van der Waals surface area contributed by atoms with Crippen molar-refractivity contribution in [2.24, 2.45) is 0 Å². The van der Waals surface area contributed by atoms with Gasteiger partial charge in [0.25, 0.3) is 0 Å². The van der Waals surface area contributed by atoms with Crippen LogP contribution >= 0.6 is 22.9 Å². The molecule has 1 heterocycles. The Hall–Kier alpha value is -3.29. The van der Waals surface area contributed by atoms with Crippen molar-refractivity contribution in [2.45, 2.75) is 20.8 Å². The second-order valence-corrected chi connectivity index (χ2v) is 8.80. The SMILES string of the molecule is CCOc1ccc(/C=C/C(=O)Nc2sc(C)c(-c3cccc(Cl)c3)c2C(=O)OC)cc1OCC. The van der Waals surface area contributed by atoms with Gasteiger partial charge in [-0.25, -0.2) is 4.79 Å². The largest absolute Gasteiger partial charge is 0.490 e. The number of hydrogen-bond donors (Lipinski definition) is 1. The van der Waals surface area contributed by atoms with Crippen molar-refractivity contribution < 1.29 is 23.8 Å². The van der Waals surface area contributed by atoms with E-state index in [1.165, 1.54) is 24.5 Å². The second-order valence-electron chi connectivity index (χ2n) is 7.13. The summed E-state index contributed by atoms with van der Waals surface area (Å²) in [7, 11) is 1.31. The van der Waals surface area contributed by atoms with E-state index in [2.05, 4.69) is 5.32 Å². The number of benzene rings is 2. The first-order valence-corrected chi connectivity index (χ1v) is 11.9. The summed E-state index contributed by atoms with van der Waals surface area (Å²) < 4.78 is 16.2. The summed E-state index contributed by atoms with van der Waals surface area (Å²) in [5.41, 5.74) is 2.54. The van der Waals surface area contributed by atoms with Crippen LogP contribution in [0.15, 0.2) is 48.5 Å². The molecule has 178 valence electrons. The van der Waals surface area contributed by atoms with Gasteiger partial charge in [0.15, 0.2) is 11.5 Å². The van der Waals surface area contributed by atoms with Crippen LogP contribution in [0, 0.1) is 6.92 Å². The van der Waals surface area contributed by atoms with Gasteiger partial charge in [-0.3, -0.25) is 4.79 Å². The van der Waals surface area contributed by atoms with Crippen LogP contribution in [0.25, 0.3) is 17.2 Å². The van der Waals surface area contributed by atoms with Crippen LogP contribution in [0.2, 0.25) is 5.02 Å². The molecule has 8 heteroatoms. The number of hydrogen-bond acceptors (Lipinski definition) is 6. The van der Waals surface area contributed by atoms with Gasteiger partial charge >= 0.3 is 5.97 Å². The molecule has 0 saturated heterocycles. The highest BCUT2D eigenvalue weighted by molar-refractivity contribution is 7.17. The van der Waals surface area contributed by atoms with Crippen LogP contribution in [-0.2, 0) is 9.53 Å². The number of esters is 1. The monoisotopic (exact) mass is 499 g/mol. The number of carbonyl (C=O) groups excluding carboxylic acids is 2. The molecule has 0 radical (unpaired) electrons. The third kappa shape index (κ3) is 5.98. The number of anilines is 1. The number of halogens is 1. The fourth-order valence-electron chi connectivity index (χ4n) is 3.42. The second kappa shape index (κ2) is 11.7. The van der Waals surface area contributed by atoms with Crippen molar-refractivity contribution in [2.75, 3.05) is 25.6 Å². The summed E-state index contributed by atoms with van der Waals surface area (Å²) in [6, 6.07) is 12.7. The molecule has 1 N–H and O–H groups in total. The number of methoxy groups -OCH3 is 1. The molecule has 0 fully saturated rings. The topological polar surface area (TPSA) is 73.9 Å². The van der Waals surface area contributed by atoms with Crippen LogP contribution < -0.4 is 14.8 Å². The molecular weight excluding hydrogens is 474 g/mol. The first-order valence-electron chi connectivity index (χ1n) is 10.7. The molecule has 1 amide bonds. The van der Waals surface area contributed by atoms with Crippen LogP contribution in [0.5, 0.6) is 11.5 Å². The van der Waals surface area contributed by atoms with Crippen LogP contribution in [0.3, 0.4) is 0 Å². The molecule has 0 aliphatic carbocycles. The molecule has 3 rings (SSSR count). The van der Waals surface area contributed by atoms with Crippen molar-refractivity contribution >= 4 is 45.9 Å². The third-order valence-electron chi connectivity index (χ3n) is 4.82. The first kappa shape index (κ1) is 25.3. The average Bonchev–Trinajstić information content (AvgIpc) is 3.14. The lowest BCUT2D eigenvalue weighted by atomic mass is 10.0. The Morgan fingerprint density at radius 2 is 1.79 bits per heavy atom. The number of ether oxygens (including phenoxy) is 3. The van der Waals surface area contributed by atoms with Gasteiger partial charge in [-0.05, 0) is 62.2 Å². The lowest BCUT2D eigenvalue weighted by molar-refractivity contribution is -0.111. The Morgan fingerprint density at radius 1 is 1.06 bits per heavy atom. The number of nitrogens with one attached hydrogen (secondary N) is 1. The van der Waals surface area contributed by atoms with Crippen molar-refractivity contribution in [3.05, 3.63) is 69.6 Å². The fraction of sp³-hybridized carbons (Fsp3) is 0.231. The Bertz CT molecular complexity index is 1220. The van der Waals surface area contributed by atoms with Crippen molar-refractivity contribution in [3.8, 4) is 22.6 Å². The van der Waals surface area contributed by atoms with Gasteiger partial charge in [-0.1, -0.05) is 29.8 Å². The molecule has 6 nitrogen and oxygen atoms in total. The van der Waals surface area contributed by atoms with E-state index in [1.807, 2.05) is 45.0 Å². The van der Waals surface area contributed by atoms with Gasteiger partial charge in [-0.2, -0.15) is 0 Å². The molecule has 0 saturated carbocycles. The zero-order valence-electron chi connectivity index (χ0n) is 19.4. The molecule has 0 unspecified atom stereocenters. The Balaban J connectivity index is 1.87. The molecule has 0 aliphatic rings. The molecule has 2 aromatic carbocycles. The Morgan fingerprint density at radius 3 is 2.47 bits per heavy atom. The maximum absolute atomic E-state index is 12.7. The number of carbonyl (C=O) groups is 2. The minimum Gasteiger partial charge on any atom is -0.490 e. The lowest BCUT2D eigenvalue weighted by Crippen LogP contribution is -2.11. The molecular formula is C26H26ClNO5S. The van der Waals surface area contributed by atoms with Crippen LogP contribution in [0.4, 0.5) is 5.00 Å². The van der Waals surface area contributed by atoms with Crippen molar-refractivity contribution in [3.63, 3.8) is 0 Å². The van der Waals surface area contributed by atoms with E-state index >= 15 is 0 Å². The van der Waals surface area contributed by atoms with E-state index in [1.54, 1.807) is 24.3 Å². The molecule has 0 atom stereocenters. The highest BCUT2D eigenvalue weighted by Crippen LogP contribution is 2.41. The third-order valence-corrected chi connectivity index (χ3v) is 6.07. The summed E-state index contributed by atoms with van der Waals surface area (Å²) in [5, 5.41) is 3.78. The lowest BCUT2D eigenvalue weighted by Gasteiger charge is -2.11. The summed E-state index contributed by atoms with van der Waals surface area (Å²) in [5.74, 6) is 0.346. The smallest absolute Gasteiger partial charge is 0.341 e. The van der Waals surface area contributed by atoms with Gasteiger partial charge in [-0.15, -0.1) is 11.3 Å². The molecule has 1 aromatic heterocycles. The molecule has 3 aromatic rings. The maximum Gasteiger partial charge on any atom is 0.341 e. The standard InChI is InChI=1S/C26H26ClNO5S/c1-5-32-20-12-10-17(14-21(20)33-6-2)11-13-22(29)28-25-24(26(30)31-4)23(16(3)34-25)18-8-7-9-19(27)15-18/h7-15H,5-6H2,1-4H3,(H,28,29)/b13-11+. The molecule has 0 aliphatic heterocycles. The molecule has 0 spiro atoms. The Kier molecular flexibility index (Phi) is 8.73. The highest BCUT2D eigenvalue weighted by atomic mass is 35.5. The van der Waals surface area contributed by atoms with E-state index < -0.39 is 5.97 Å². The molecule has 34 heavy (non-hydrogen) atoms. The number of aryl methyl sites for hydroxylation is 1. The van der Waals surface area contributed by atoms with E-state index in [9.17, 15) is 9.59 Å². The summed E-state index contributed by atoms with van der Waals surface area (Å²) >= 11 is 7.46. The normalized spacial score (nSPS) is 10.9. The van der Waals surface area contributed by atoms with Crippen LogP contribution in [0.1, 0.15) is 34.6 Å². The average molecular weight is 500 g/mol. The summed E-state index contributed by atoms with van der Waals surface area (Å²) in [4.78, 5) is 26.2. The van der Waals surface area contributed by atoms with Crippen LogP contribution in [-0.4, -0.2) is 32.2 Å². The van der Waals surface area contributed by atoms with Gasteiger partial charge in [0, 0.05) is 21.5 Å². The van der Waals surface area contributed by atoms with Crippen molar-refractivity contribution in [1.29, 1.82) is 0 Å². The first-order chi connectivity index (χ1) is 16.4. The summed E-state index contributed by atoms with van der Waals surface area (Å²) in [6.07, 6.45) is 3.07. The number of rotatable bonds is 9. The van der Waals surface area contributed by atoms with Gasteiger partial charge in [0.2, 0.25) is 5.91 Å². The van der Waals surface area contributed by atoms with E-state index in [-0.39, 0.29) is 5.91 Å². The zero-order chi connectivity index (χ0) is 24.7. The van der Waals surface area contributed by atoms with Gasteiger partial charge < -0.3 is 19.5 Å². The fourth-order valence-corrected chi connectivity index (χ4v) is 4.68. The highest BCUT2D eigenvalue weighted by Gasteiger charge is 2.25. The maximum atomic E-state index is 12.7. The van der Waals surface area contributed by atoms with Gasteiger partial charge in [0.1, 0.15) is 10.6 Å². The number of amides is 1. The minimum atomic E-state index is -0.536. The predicted molar refractivity (Wildman–Crippen MR) is 137 cm³/mol.